The van der Waals surface area contributed by atoms with Gasteiger partial charge in [0.2, 0.25) is 0 Å². The smallest absolute Gasteiger partial charge is 0.306 e. The lowest BCUT2D eigenvalue weighted by Gasteiger charge is -2.38. The second kappa shape index (κ2) is 3.22. The normalized spacial score (nSPS) is 38.0. The minimum Gasteiger partial charge on any atom is -0.481 e. The Balaban J connectivity index is 1.87. The number of hydrogen-bond donors (Lipinski definition) is 1. The van der Waals surface area contributed by atoms with Gasteiger partial charge < -0.3 is 5.11 Å². The number of hydrogen-bond acceptors (Lipinski definition) is 1. The molecule has 0 saturated heterocycles. The van der Waals surface area contributed by atoms with Crippen molar-refractivity contribution in [3.8, 4) is 0 Å². The molecule has 1 fully saturated rings. The van der Waals surface area contributed by atoms with Crippen molar-refractivity contribution < 1.29 is 9.90 Å². The van der Waals surface area contributed by atoms with Gasteiger partial charge >= 0.3 is 5.97 Å². The maximum Gasteiger partial charge on any atom is 0.306 e. The van der Waals surface area contributed by atoms with Gasteiger partial charge in [-0.1, -0.05) is 17.7 Å². The lowest BCUT2D eigenvalue weighted by atomic mass is 9.66. The molecule has 0 aliphatic heterocycles. The summed E-state index contributed by atoms with van der Waals surface area (Å²) in [6, 6.07) is 0. The Morgan fingerprint density at radius 2 is 2.20 bits per heavy atom. The molecule has 3 rings (SSSR count). The fourth-order valence-corrected chi connectivity index (χ4v) is 3.60. The maximum atomic E-state index is 11.0. The van der Waals surface area contributed by atoms with Gasteiger partial charge in [0.05, 0.1) is 5.92 Å². The topological polar surface area (TPSA) is 37.3 Å². The van der Waals surface area contributed by atoms with Crippen LogP contribution in [0.25, 0.3) is 0 Å². The van der Waals surface area contributed by atoms with Gasteiger partial charge in [0.25, 0.3) is 0 Å². The van der Waals surface area contributed by atoms with Crippen molar-refractivity contribution in [2.24, 2.45) is 17.8 Å². The summed E-state index contributed by atoms with van der Waals surface area (Å²) in [5.74, 6) is 0.517. The first kappa shape index (κ1) is 9.20. The quantitative estimate of drug-likeness (QED) is 0.713. The van der Waals surface area contributed by atoms with Crippen LogP contribution in [0.15, 0.2) is 23.3 Å². The van der Waals surface area contributed by atoms with E-state index in [-0.39, 0.29) is 5.92 Å². The molecule has 2 heteroatoms. The molecule has 3 aliphatic carbocycles. The van der Waals surface area contributed by atoms with Crippen LogP contribution in [0.2, 0.25) is 0 Å². The number of carboxylic acid groups (broad SMARTS) is 1. The van der Waals surface area contributed by atoms with Crippen LogP contribution in [-0.2, 0) is 4.79 Å². The maximum absolute atomic E-state index is 11.0. The number of carboxylic acids is 1. The number of fused-ring (bicyclic) bond motifs is 3. The van der Waals surface area contributed by atoms with Crippen molar-refractivity contribution in [2.45, 2.75) is 32.1 Å². The van der Waals surface area contributed by atoms with E-state index < -0.39 is 5.97 Å². The van der Waals surface area contributed by atoms with E-state index in [0.29, 0.717) is 11.8 Å². The minimum atomic E-state index is -0.587. The van der Waals surface area contributed by atoms with Crippen LogP contribution in [0.3, 0.4) is 0 Å². The Hall–Kier alpha value is -1.05. The Morgan fingerprint density at radius 3 is 3.00 bits per heavy atom. The molecule has 2 bridgehead atoms. The fraction of sp³-hybridized carbons (Fsp3) is 0.615. The third-order valence-corrected chi connectivity index (χ3v) is 4.20. The van der Waals surface area contributed by atoms with E-state index in [1.54, 1.807) is 5.57 Å². The molecule has 2 nitrogen and oxygen atoms in total. The number of aliphatic carboxylic acids is 1. The number of allylic oxidation sites excluding steroid dienone is 4. The molecule has 3 unspecified atom stereocenters. The molecule has 0 spiro atoms. The van der Waals surface area contributed by atoms with Gasteiger partial charge in [0.1, 0.15) is 0 Å². The van der Waals surface area contributed by atoms with Crippen molar-refractivity contribution >= 4 is 5.97 Å². The van der Waals surface area contributed by atoms with Gasteiger partial charge in [-0.15, -0.1) is 0 Å². The van der Waals surface area contributed by atoms with Crippen molar-refractivity contribution in [1.29, 1.82) is 0 Å². The predicted octanol–water partition coefficient (Wildman–Crippen LogP) is 2.76. The molecule has 1 saturated carbocycles. The molecule has 1 N–H and O–H groups in total. The molecule has 0 amide bonds. The van der Waals surface area contributed by atoms with Crippen molar-refractivity contribution in [3.63, 3.8) is 0 Å². The van der Waals surface area contributed by atoms with Crippen LogP contribution < -0.4 is 0 Å². The van der Waals surface area contributed by atoms with E-state index in [1.165, 1.54) is 12.0 Å². The highest BCUT2D eigenvalue weighted by Crippen LogP contribution is 2.48. The second-order valence-corrected chi connectivity index (χ2v) is 5.17. The van der Waals surface area contributed by atoms with Crippen molar-refractivity contribution in [1.82, 2.24) is 0 Å². The zero-order valence-corrected chi connectivity index (χ0v) is 8.78. The van der Waals surface area contributed by atoms with E-state index >= 15 is 0 Å². The summed E-state index contributed by atoms with van der Waals surface area (Å²) in [7, 11) is 0. The fourth-order valence-electron chi connectivity index (χ4n) is 3.60. The molecule has 0 aromatic carbocycles. The summed E-state index contributed by atoms with van der Waals surface area (Å²) in [6.07, 6.45) is 9.76. The van der Waals surface area contributed by atoms with E-state index in [0.717, 1.165) is 25.7 Å². The van der Waals surface area contributed by atoms with Crippen molar-refractivity contribution in [3.05, 3.63) is 23.3 Å². The molecular weight excluding hydrogens is 188 g/mol. The zero-order chi connectivity index (χ0) is 10.4. The van der Waals surface area contributed by atoms with Crippen LogP contribution >= 0.6 is 0 Å². The SMILES string of the molecule is O=C(O)C1CC2CC3=C(C=CC3)C(C2)C1. The van der Waals surface area contributed by atoms with Gasteiger partial charge in [0.15, 0.2) is 0 Å². The highest BCUT2D eigenvalue weighted by atomic mass is 16.4. The summed E-state index contributed by atoms with van der Waals surface area (Å²) >= 11 is 0. The Kier molecular flexibility index (Phi) is 1.98. The van der Waals surface area contributed by atoms with Gasteiger partial charge in [-0.3, -0.25) is 4.79 Å². The monoisotopic (exact) mass is 204 g/mol. The molecule has 0 aromatic heterocycles. The molecular formula is C13H16O2. The summed E-state index contributed by atoms with van der Waals surface area (Å²) in [5, 5.41) is 9.10. The molecule has 0 heterocycles. The Labute approximate surface area is 89.7 Å². The first-order chi connectivity index (χ1) is 7.24. The largest absolute Gasteiger partial charge is 0.481 e. The summed E-state index contributed by atoms with van der Waals surface area (Å²) in [6.45, 7) is 0. The molecule has 15 heavy (non-hydrogen) atoms. The van der Waals surface area contributed by atoms with Gasteiger partial charge in [-0.25, -0.2) is 0 Å². The predicted molar refractivity (Wildman–Crippen MR) is 57.4 cm³/mol. The Bertz CT molecular complexity index is 365. The second-order valence-electron chi connectivity index (χ2n) is 5.17. The average Bonchev–Trinajstić information content (AvgIpc) is 2.65. The molecule has 3 atom stereocenters. The average molecular weight is 204 g/mol. The van der Waals surface area contributed by atoms with Crippen molar-refractivity contribution in [2.75, 3.05) is 0 Å². The third-order valence-electron chi connectivity index (χ3n) is 4.20. The summed E-state index contributed by atoms with van der Waals surface area (Å²) in [5.41, 5.74) is 3.08. The van der Waals surface area contributed by atoms with Gasteiger partial charge in [-0.2, -0.15) is 0 Å². The van der Waals surface area contributed by atoms with Crippen LogP contribution in [0.1, 0.15) is 32.1 Å². The van der Waals surface area contributed by atoms with Crippen LogP contribution in [0.5, 0.6) is 0 Å². The van der Waals surface area contributed by atoms with E-state index in [4.69, 9.17) is 5.11 Å². The zero-order valence-electron chi connectivity index (χ0n) is 8.78. The first-order valence-electron chi connectivity index (χ1n) is 5.85. The van der Waals surface area contributed by atoms with E-state index in [9.17, 15) is 4.79 Å². The highest BCUT2D eigenvalue weighted by Gasteiger charge is 2.38. The molecule has 0 aromatic rings. The van der Waals surface area contributed by atoms with Crippen LogP contribution in [-0.4, -0.2) is 11.1 Å². The van der Waals surface area contributed by atoms with E-state index in [2.05, 4.69) is 12.2 Å². The first-order valence-corrected chi connectivity index (χ1v) is 5.85. The third kappa shape index (κ3) is 1.43. The van der Waals surface area contributed by atoms with E-state index in [1.807, 2.05) is 0 Å². The highest BCUT2D eigenvalue weighted by molar-refractivity contribution is 5.70. The van der Waals surface area contributed by atoms with Gasteiger partial charge in [0, 0.05) is 0 Å². The molecule has 3 aliphatic rings. The summed E-state index contributed by atoms with van der Waals surface area (Å²) < 4.78 is 0. The standard InChI is InChI=1S/C13H16O2/c14-13(15)11-6-8-4-9-2-1-3-12(9)10(5-8)7-11/h1,3,8,10-11H,2,4-7H2,(H,14,15). The Morgan fingerprint density at radius 1 is 1.33 bits per heavy atom. The number of carbonyl (C=O) groups is 1. The lowest BCUT2D eigenvalue weighted by Crippen LogP contribution is -2.31. The lowest BCUT2D eigenvalue weighted by molar-refractivity contribution is -0.144. The van der Waals surface area contributed by atoms with Crippen LogP contribution in [0, 0.1) is 17.8 Å². The van der Waals surface area contributed by atoms with Gasteiger partial charge in [-0.05, 0) is 49.5 Å². The molecule has 80 valence electrons. The minimum absolute atomic E-state index is 0.0863. The summed E-state index contributed by atoms with van der Waals surface area (Å²) in [4.78, 5) is 11.0. The molecule has 0 radical (unpaired) electrons. The van der Waals surface area contributed by atoms with Crippen LogP contribution in [0.4, 0.5) is 0 Å². The number of rotatable bonds is 1.